The first-order chi connectivity index (χ1) is 6.22. The Labute approximate surface area is 81.1 Å². The normalized spacial score (nSPS) is 21.3. The van der Waals surface area contributed by atoms with Crippen molar-refractivity contribution in [2.75, 3.05) is 12.5 Å². The molecule has 13 heavy (non-hydrogen) atoms. The summed E-state index contributed by atoms with van der Waals surface area (Å²) < 4.78 is 9.57. The average Bonchev–Trinajstić information content (AvgIpc) is 2.48. The van der Waals surface area contributed by atoms with Gasteiger partial charge in [-0.3, -0.25) is 9.59 Å². The molecule has 0 unspecified atom stereocenters. The number of alkyl halides is 1. The van der Waals surface area contributed by atoms with Gasteiger partial charge in [0.25, 0.3) is 0 Å². The Bertz CT molecular complexity index is 204. The smallest absolute Gasteiger partial charge is 0.309 e. The predicted molar refractivity (Wildman–Crippen MR) is 45.4 cm³/mol. The molecule has 1 saturated heterocycles. The number of esters is 2. The van der Waals surface area contributed by atoms with Crippen molar-refractivity contribution >= 4 is 23.5 Å². The monoisotopic (exact) mass is 206 g/mol. The zero-order chi connectivity index (χ0) is 9.68. The highest BCUT2D eigenvalue weighted by Crippen LogP contribution is 2.11. The van der Waals surface area contributed by atoms with Crippen LogP contribution in [0.2, 0.25) is 0 Å². The van der Waals surface area contributed by atoms with Gasteiger partial charge in [0.05, 0.1) is 6.42 Å². The van der Waals surface area contributed by atoms with Crippen LogP contribution in [0.3, 0.4) is 0 Å². The molecule has 1 aliphatic heterocycles. The largest absolute Gasteiger partial charge is 0.462 e. The summed E-state index contributed by atoms with van der Waals surface area (Å²) in [5, 5.41) is 0. The van der Waals surface area contributed by atoms with Gasteiger partial charge in [0.2, 0.25) is 0 Å². The minimum absolute atomic E-state index is 0.173. The van der Waals surface area contributed by atoms with Crippen molar-refractivity contribution in [1.82, 2.24) is 0 Å². The quantitative estimate of drug-likeness (QED) is 0.506. The van der Waals surface area contributed by atoms with Crippen LogP contribution in [0.25, 0.3) is 0 Å². The van der Waals surface area contributed by atoms with Gasteiger partial charge in [-0.2, -0.15) is 0 Å². The molecule has 0 aliphatic carbocycles. The van der Waals surface area contributed by atoms with Gasteiger partial charge >= 0.3 is 11.9 Å². The molecule has 0 N–H and O–H groups in total. The molecule has 0 spiro atoms. The molecular formula is C8H11ClO4. The molecule has 0 aromatic rings. The Morgan fingerprint density at radius 2 is 2.46 bits per heavy atom. The van der Waals surface area contributed by atoms with Crippen LogP contribution in [0, 0.1) is 0 Å². The maximum absolute atomic E-state index is 11.0. The highest BCUT2D eigenvalue weighted by Gasteiger charge is 2.26. The molecular weight excluding hydrogens is 196 g/mol. The lowest BCUT2D eigenvalue weighted by Gasteiger charge is -2.07. The van der Waals surface area contributed by atoms with E-state index in [0.717, 1.165) is 0 Å². The minimum Gasteiger partial charge on any atom is -0.462 e. The van der Waals surface area contributed by atoms with E-state index in [1.54, 1.807) is 0 Å². The third kappa shape index (κ3) is 3.63. The van der Waals surface area contributed by atoms with Crippen LogP contribution in [0.5, 0.6) is 0 Å². The Kier molecular flexibility index (Phi) is 4.02. The van der Waals surface area contributed by atoms with E-state index in [4.69, 9.17) is 16.3 Å². The molecule has 0 amide bonds. The molecule has 0 aromatic heterocycles. The zero-order valence-corrected chi connectivity index (χ0v) is 7.88. The number of carbonyl (C=O) groups excluding carboxylic acids is 2. The molecule has 1 atom stereocenters. The topological polar surface area (TPSA) is 52.6 Å². The lowest BCUT2D eigenvalue weighted by Crippen LogP contribution is -2.17. The van der Waals surface area contributed by atoms with Crippen LogP contribution >= 0.6 is 11.6 Å². The summed E-state index contributed by atoms with van der Waals surface area (Å²) in [5.74, 6) is -0.186. The van der Waals surface area contributed by atoms with Crippen LogP contribution in [-0.4, -0.2) is 30.5 Å². The molecule has 74 valence electrons. The summed E-state index contributed by atoms with van der Waals surface area (Å²) in [6.07, 6.45) is 0.679. The van der Waals surface area contributed by atoms with Gasteiger partial charge in [0, 0.05) is 12.3 Å². The Hall–Kier alpha value is -0.770. The molecule has 4 nitrogen and oxygen atoms in total. The standard InChI is InChI=1S/C8H11ClO4/c9-3-1-2-7(10)13-6-4-8(11)12-5-6/h6H,1-5H2/t6-/m0/s1. The fourth-order valence-corrected chi connectivity index (χ4v) is 1.15. The third-order valence-corrected chi connectivity index (χ3v) is 1.90. The van der Waals surface area contributed by atoms with E-state index in [1.165, 1.54) is 0 Å². The van der Waals surface area contributed by atoms with Gasteiger partial charge in [-0.25, -0.2) is 0 Å². The maximum atomic E-state index is 11.0. The molecule has 1 rings (SSSR count). The summed E-state index contributed by atoms with van der Waals surface area (Å²) in [5.41, 5.74) is 0. The number of ether oxygens (including phenoxy) is 2. The molecule has 1 fully saturated rings. The fourth-order valence-electron chi connectivity index (χ4n) is 1.02. The molecule has 5 heteroatoms. The summed E-state index contributed by atoms with van der Waals surface area (Å²) in [6, 6.07) is 0. The molecule has 0 saturated carbocycles. The first kappa shape index (κ1) is 10.3. The maximum Gasteiger partial charge on any atom is 0.309 e. The third-order valence-electron chi connectivity index (χ3n) is 1.64. The first-order valence-corrected chi connectivity index (χ1v) is 4.67. The summed E-state index contributed by atoms with van der Waals surface area (Å²) in [7, 11) is 0. The lowest BCUT2D eigenvalue weighted by atomic mass is 10.3. The van der Waals surface area contributed by atoms with Gasteiger partial charge in [-0.15, -0.1) is 11.6 Å². The van der Waals surface area contributed by atoms with E-state index in [9.17, 15) is 9.59 Å². The van der Waals surface area contributed by atoms with Crippen molar-refractivity contribution in [3.05, 3.63) is 0 Å². The van der Waals surface area contributed by atoms with Crippen molar-refractivity contribution in [1.29, 1.82) is 0 Å². The van der Waals surface area contributed by atoms with Crippen LogP contribution in [-0.2, 0) is 19.1 Å². The molecule has 1 aliphatic rings. The van der Waals surface area contributed by atoms with Crippen LogP contribution in [0.15, 0.2) is 0 Å². The van der Waals surface area contributed by atoms with Crippen molar-refractivity contribution in [3.8, 4) is 0 Å². The number of cyclic esters (lactones) is 1. The average molecular weight is 207 g/mol. The van der Waals surface area contributed by atoms with Gasteiger partial charge in [0.1, 0.15) is 12.7 Å². The Balaban J connectivity index is 2.17. The Morgan fingerprint density at radius 1 is 1.69 bits per heavy atom. The summed E-state index contributed by atoms with van der Waals surface area (Å²) >= 11 is 5.40. The van der Waals surface area contributed by atoms with E-state index in [1.807, 2.05) is 0 Å². The molecule has 0 radical (unpaired) electrons. The number of rotatable bonds is 4. The van der Waals surface area contributed by atoms with E-state index >= 15 is 0 Å². The van der Waals surface area contributed by atoms with Crippen molar-refractivity contribution in [2.24, 2.45) is 0 Å². The van der Waals surface area contributed by atoms with Gasteiger partial charge < -0.3 is 9.47 Å². The fraction of sp³-hybridized carbons (Fsp3) is 0.750. The lowest BCUT2D eigenvalue weighted by molar-refractivity contribution is -0.149. The molecule has 0 aromatic carbocycles. The van der Waals surface area contributed by atoms with Gasteiger partial charge in [-0.1, -0.05) is 0 Å². The minimum atomic E-state index is -0.393. The molecule has 0 bridgehead atoms. The van der Waals surface area contributed by atoms with Crippen LogP contribution < -0.4 is 0 Å². The number of carbonyl (C=O) groups is 2. The second-order valence-electron chi connectivity index (χ2n) is 2.79. The number of hydrogen-bond donors (Lipinski definition) is 0. The Morgan fingerprint density at radius 3 is 3.00 bits per heavy atom. The first-order valence-electron chi connectivity index (χ1n) is 4.13. The highest BCUT2D eigenvalue weighted by atomic mass is 35.5. The van der Waals surface area contributed by atoms with Crippen LogP contribution in [0.4, 0.5) is 0 Å². The summed E-state index contributed by atoms with van der Waals surface area (Å²) in [6.45, 7) is 0.186. The van der Waals surface area contributed by atoms with Crippen LogP contribution in [0.1, 0.15) is 19.3 Å². The van der Waals surface area contributed by atoms with Crippen molar-refractivity contribution < 1.29 is 19.1 Å². The van der Waals surface area contributed by atoms with E-state index in [2.05, 4.69) is 4.74 Å². The van der Waals surface area contributed by atoms with E-state index in [0.29, 0.717) is 18.7 Å². The van der Waals surface area contributed by atoms with Crippen molar-refractivity contribution in [3.63, 3.8) is 0 Å². The molecule has 1 heterocycles. The second kappa shape index (κ2) is 5.07. The second-order valence-corrected chi connectivity index (χ2v) is 3.17. The SMILES string of the molecule is O=C1C[C@H](OC(=O)CCCCl)CO1. The van der Waals surface area contributed by atoms with Gasteiger partial charge in [-0.05, 0) is 6.42 Å². The van der Waals surface area contributed by atoms with E-state index in [-0.39, 0.29) is 25.0 Å². The number of halogens is 1. The van der Waals surface area contributed by atoms with Crippen molar-refractivity contribution in [2.45, 2.75) is 25.4 Å². The highest BCUT2D eigenvalue weighted by molar-refractivity contribution is 6.17. The van der Waals surface area contributed by atoms with Gasteiger partial charge in [0.15, 0.2) is 0 Å². The summed E-state index contributed by atoms with van der Waals surface area (Å²) in [4.78, 5) is 21.6. The zero-order valence-electron chi connectivity index (χ0n) is 7.12. The predicted octanol–water partition coefficient (Wildman–Crippen LogP) is 0.864. The van der Waals surface area contributed by atoms with E-state index < -0.39 is 6.10 Å². The number of hydrogen-bond acceptors (Lipinski definition) is 4.